The summed E-state index contributed by atoms with van der Waals surface area (Å²) in [5.41, 5.74) is 3.22. The fraction of sp³-hybridized carbons (Fsp3) is 0.296. The highest BCUT2D eigenvalue weighted by Crippen LogP contribution is 2.24. The molecule has 1 aromatic heterocycles. The Morgan fingerprint density at radius 1 is 0.917 bits per heavy atom. The number of benzene rings is 2. The van der Waals surface area contributed by atoms with Gasteiger partial charge in [-0.05, 0) is 62.6 Å². The Labute approximate surface area is 209 Å². The van der Waals surface area contributed by atoms with E-state index >= 15 is 0 Å². The predicted molar refractivity (Wildman–Crippen MR) is 138 cm³/mol. The quantitative estimate of drug-likeness (QED) is 0.463. The zero-order chi connectivity index (χ0) is 25.1. The number of anilines is 4. The highest BCUT2D eigenvalue weighted by Gasteiger charge is 2.34. The number of nitrogens with one attached hydrogen (secondary N) is 2. The van der Waals surface area contributed by atoms with Crippen LogP contribution in [0.5, 0.6) is 0 Å². The van der Waals surface area contributed by atoms with E-state index in [9.17, 15) is 14.4 Å². The van der Waals surface area contributed by atoms with E-state index in [0.29, 0.717) is 29.2 Å². The highest BCUT2D eigenvalue weighted by atomic mass is 16.2. The molecule has 0 bridgehead atoms. The second-order valence-electron chi connectivity index (χ2n) is 9.05. The molecule has 1 saturated heterocycles. The minimum absolute atomic E-state index is 0.176. The minimum atomic E-state index is -0.302. The van der Waals surface area contributed by atoms with Gasteiger partial charge in [0.15, 0.2) is 0 Å². The van der Waals surface area contributed by atoms with Crippen molar-refractivity contribution in [1.29, 1.82) is 0 Å². The molecule has 1 fully saturated rings. The molecule has 36 heavy (non-hydrogen) atoms. The Hall–Kier alpha value is -4.27. The number of carbonyl (C=O) groups excluding carboxylic acids is 3. The monoisotopic (exact) mass is 484 g/mol. The summed E-state index contributed by atoms with van der Waals surface area (Å²) in [6.45, 7) is 4.20. The number of rotatable bonds is 8. The van der Waals surface area contributed by atoms with Crippen molar-refractivity contribution in [2.75, 3.05) is 35.2 Å². The number of nitrogens with zero attached hydrogens (tertiary/aromatic N) is 4. The van der Waals surface area contributed by atoms with E-state index in [1.807, 2.05) is 37.3 Å². The average Bonchev–Trinajstić information content (AvgIpc) is 3.49. The van der Waals surface area contributed by atoms with E-state index in [1.54, 1.807) is 24.3 Å². The van der Waals surface area contributed by atoms with E-state index in [0.717, 1.165) is 30.3 Å². The van der Waals surface area contributed by atoms with E-state index in [1.165, 1.54) is 17.7 Å². The molecule has 9 heteroatoms. The molecule has 2 aromatic carbocycles. The first kappa shape index (κ1) is 23.5. The number of carbonyl (C=O) groups is 3. The first-order valence-corrected chi connectivity index (χ1v) is 12.2. The predicted octanol–water partition coefficient (Wildman–Crippen LogP) is 4.14. The molecule has 9 nitrogen and oxygen atoms in total. The molecule has 0 aliphatic carbocycles. The van der Waals surface area contributed by atoms with E-state index in [-0.39, 0.29) is 30.7 Å². The Morgan fingerprint density at radius 3 is 2.22 bits per heavy atom. The SMILES string of the molecule is Cc1cc(N2CCCC2)nc(Nc2ccc(NC(=O)CCCN3C(=O)c4ccccc4C3=O)cc2)n1. The average molecular weight is 485 g/mol. The van der Waals surface area contributed by atoms with Gasteiger partial charge < -0.3 is 15.5 Å². The molecule has 184 valence electrons. The van der Waals surface area contributed by atoms with Gasteiger partial charge in [-0.1, -0.05) is 12.1 Å². The van der Waals surface area contributed by atoms with Crippen LogP contribution in [0, 0.1) is 6.92 Å². The molecule has 2 aliphatic rings. The molecule has 2 aliphatic heterocycles. The maximum absolute atomic E-state index is 12.4. The van der Waals surface area contributed by atoms with Crippen LogP contribution in [0.1, 0.15) is 52.1 Å². The van der Waals surface area contributed by atoms with Gasteiger partial charge in [-0.2, -0.15) is 4.98 Å². The summed E-state index contributed by atoms with van der Waals surface area (Å²) in [6.07, 6.45) is 2.95. The van der Waals surface area contributed by atoms with Gasteiger partial charge in [-0.25, -0.2) is 4.98 Å². The van der Waals surface area contributed by atoms with Gasteiger partial charge in [0.1, 0.15) is 5.82 Å². The number of amides is 3. The maximum atomic E-state index is 12.4. The molecule has 0 saturated carbocycles. The Bertz CT molecular complexity index is 1270. The summed E-state index contributed by atoms with van der Waals surface area (Å²) in [5.74, 6) is 0.701. The molecule has 3 amide bonds. The van der Waals surface area contributed by atoms with Crippen LogP contribution in [0.4, 0.5) is 23.1 Å². The standard InChI is InChI=1S/C27H28N6O3/c1-18-17-23(32-14-4-5-15-32)31-27(28-18)30-20-12-10-19(11-13-20)29-24(34)9-6-16-33-25(35)21-7-2-3-8-22(21)26(33)36/h2-3,7-8,10-13,17H,4-6,9,14-16H2,1H3,(H,29,34)(H,28,30,31). The maximum Gasteiger partial charge on any atom is 0.261 e. The molecular weight excluding hydrogens is 456 g/mol. The highest BCUT2D eigenvalue weighted by molar-refractivity contribution is 6.21. The Kier molecular flexibility index (Phi) is 6.62. The number of aromatic nitrogens is 2. The minimum Gasteiger partial charge on any atom is -0.356 e. The zero-order valence-corrected chi connectivity index (χ0v) is 20.2. The lowest BCUT2D eigenvalue weighted by Crippen LogP contribution is -2.31. The van der Waals surface area contributed by atoms with Gasteiger partial charge in [-0.15, -0.1) is 0 Å². The normalized spacial score (nSPS) is 14.8. The van der Waals surface area contributed by atoms with Crippen molar-refractivity contribution in [3.05, 3.63) is 71.4 Å². The molecule has 0 unspecified atom stereocenters. The summed E-state index contributed by atoms with van der Waals surface area (Å²) in [6, 6.07) is 16.1. The summed E-state index contributed by atoms with van der Waals surface area (Å²) < 4.78 is 0. The van der Waals surface area contributed by atoms with Gasteiger partial charge in [-0.3, -0.25) is 19.3 Å². The summed E-state index contributed by atoms with van der Waals surface area (Å²) in [4.78, 5) is 49.9. The van der Waals surface area contributed by atoms with Crippen molar-refractivity contribution in [2.24, 2.45) is 0 Å². The van der Waals surface area contributed by atoms with E-state index < -0.39 is 0 Å². The molecule has 0 radical (unpaired) electrons. The fourth-order valence-corrected chi connectivity index (χ4v) is 4.55. The van der Waals surface area contributed by atoms with Crippen LogP contribution in [-0.4, -0.2) is 52.2 Å². The third-order valence-corrected chi connectivity index (χ3v) is 6.36. The largest absolute Gasteiger partial charge is 0.356 e. The van der Waals surface area contributed by atoms with Crippen molar-refractivity contribution in [2.45, 2.75) is 32.6 Å². The molecule has 2 N–H and O–H groups in total. The van der Waals surface area contributed by atoms with Gasteiger partial charge in [0, 0.05) is 49.2 Å². The van der Waals surface area contributed by atoms with Crippen LogP contribution >= 0.6 is 0 Å². The molecule has 3 aromatic rings. The first-order valence-electron chi connectivity index (χ1n) is 12.2. The summed E-state index contributed by atoms with van der Waals surface area (Å²) in [5, 5.41) is 6.10. The van der Waals surface area contributed by atoms with Crippen molar-refractivity contribution in [1.82, 2.24) is 14.9 Å². The van der Waals surface area contributed by atoms with Crippen LogP contribution in [0.3, 0.4) is 0 Å². The number of aryl methyl sites for hydroxylation is 1. The smallest absolute Gasteiger partial charge is 0.261 e. The van der Waals surface area contributed by atoms with Gasteiger partial charge in [0.25, 0.3) is 11.8 Å². The molecule has 0 spiro atoms. The van der Waals surface area contributed by atoms with Crippen LogP contribution in [0.2, 0.25) is 0 Å². The second kappa shape index (κ2) is 10.2. The summed E-state index contributed by atoms with van der Waals surface area (Å²) >= 11 is 0. The second-order valence-corrected chi connectivity index (χ2v) is 9.05. The third kappa shape index (κ3) is 5.05. The molecular formula is C27H28N6O3. The van der Waals surface area contributed by atoms with Crippen LogP contribution in [0.15, 0.2) is 54.6 Å². The van der Waals surface area contributed by atoms with Crippen molar-refractivity contribution < 1.29 is 14.4 Å². The fourth-order valence-electron chi connectivity index (χ4n) is 4.55. The van der Waals surface area contributed by atoms with Gasteiger partial charge in [0.05, 0.1) is 11.1 Å². The Morgan fingerprint density at radius 2 is 1.56 bits per heavy atom. The van der Waals surface area contributed by atoms with E-state index in [4.69, 9.17) is 0 Å². The van der Waals surface area contributed by atoms with E-state index in [2.05, 4.69) is 25.5 Å². The number of fused-ring (bicyclic) bond motifs is 1. The lowest BCUT2D eigenvalue weighted by Gasteiger charge is -2.17. The van der Waals surface area contributed by atoms with Crippen LogP contribution in [-0.2, 0) is 4.79 Å². The van der Waals surface area contributed by atoms with Gasteiger partial charge in [0.2, 0.25) is 11.9 Å². The van der Waals surface area contributed by atoms with Crippen LogP contribution < -0.4 is 15.5 Å². The van der Waals surface area contributed by atoms with Crippen molar-refractivity contribution in [3.63, 3.8) is 0 Å². The van der Waals surface area contributed by atoms with Gasteiger partial charge >= 0.3 is 0 Å². The van der Waals surface area contributed by atoms with Crippen molar-refractivity contribution in [3.8, 4) is 0 Å². The molecule has 5 rings (SSSR count). The van der Waals surface area contributed by atoms with Crippen molar-refractivity contribution >= 4 is 40.9 Å². The number of imide groups is 1. The number of hydrogen-bond donors (Lipinski definition) is 2. The third-order valence-electron chi connectivity index (χ3n) is 6.36. The number of hydrogen-bond acceptors (Lipinski definition) is 7. The topological polar surface area (TPSA) is 108 Å². The lowest BCUT2D eigenvalue weighted by molar-refractivity contribution is -0.116. The van der Waals surface area contributed by atoms with Crippen LogP contribution in [0.25, 0.3) is 0 Å². The molecule has 3 heterocycles. The summed E-state index contributed by atoms with van der Waals surface area (Å²) in [7, 11) is 0. The first-order chi connectivity index (χ1) is 17.5. The zero-order valence-electron chi connectivity index (χ0n) is 20.2. The Balaban J connectivity index is 1.12. The molecule has 0 atom stereocenters. The lowest BCUT2D eigenvalue weighted by atomic mass is 10.1.